The first-order chi connectivity index (χ1) is 12.5. The summed E-state index contributed by atoms with van der Waals surface area (Å²) in [4.78, 5) is 18.4. The lowest BCUT2D eigenvalue weighted by molar-refractivity contribution is -0.149. The first-order valence-corrected chi connectivity index (χ1v) is 9.45. The molecule has 2 rings (SSSR count). The molecular weight excluding hydrogens is 354 g/mol. The lowest BCUT2D eigenvalue weighted by atomic mass is 9.97. The van der Waals surface area contributed by atoms with Gasteiger partial charge in [-0.2, -0.15) is 0 Å². The number of hydrogen-bond acceptors (Lipinski definition) is 4. The summed E-state index contributed by atoms with van der Waals surface area (Å²) in [7, 11) is 1.77. The molecule has 1 saturated heterocycles. The van der Waals surface area contributed by atoms with Gasteiger partial charge in [-0.05, 0) is 44.9 Å². The number of carbonyl (C=O) groups excluding carboxylic acids is 1. The molecule has 0 bridgehead atoms. The normalized spacial score (nSPS) is 16.9. The maximum absolute atomic E-state index is 11.8. The fourth-order valence-corrected chi connectivity index (χ4v) is 3.15. The van der Waals surface area contributed by atoms with Gasteiger partial charge in [-0.25, -0.2) is 0 Å². The molecule has 6 nitrogen and oxygen atoms in total. The highest BCUT2D eigenvalue weighted by atomic mass is 35.5. The maximum atomic E-state index is 11.8. The van der Waals surface area contributed by atoms with Crippen molar-refractivity contribution in [1.82, 2.24) is 10.2 Å². The number of piperidine rings is 1. The quantitative estimate of drug-likeness (QED) is 0.466. The van der Waals surface area contributed by atoms with Crippen molar-refractivity contribution in [3.05, 3.63) is 29.3 Å². The van der Waals surface area contributed by atoms with Crippen LogP contribution in [0.1, 0.15) is 26.7 Å². The van der Waals surface area contributed by atoms with Gasteiger partial charge >= 0.3 is 5.97 Å². The van der Waals surface area contributed by atoms with E-state index in [2.05, 4.69) is 15.2 Å². The third kappa shape index (κ3) is 6.09. The Bertz CT molecular complexity index is 616. The summed E-state index contributed by atoms with van der Waals surface area (Å²) in [6.45, 7) is 6.46. The van der Waals surface area contributed by atoms with Crippen LogP contribution < -0.4 is 10.1 Å². The van der Waals surface area contributed by atoms with Gasteiger partial charge in [0.2, 0.25) is 0 Å². The summed E-state index contributed by atoms with van der Waals surface area (Å²) in [5.41, 5.74) is 0. The average molecular weight is 382 g/mol. The smallest absolute Gasteiger partial charge is 0.309 e. The lowest BCUT2D eigenvalue weighted by Crippen LogP contribution is -2.48. The average Bonchev–Trinajstić information content (AvgIpc) is 2.63. The molecule has 7 heteroatoms. The number of aliphatic imine (C=N–C) groups is 1. The number of likely N-dealkylation sites (tertiary alicyclic amines) is 1. The minimum Gasteiger partial charge on any atom is -0.489 e. The van der Waals surface area contributed by atoms with Crippen LogP contribution in [0.3, 0.4) is 0 Å². The second kappa shape index (κ2) is 10.3. The Kier molecular flexibility index (Phi) is 8.04. The van der Waals surface area contributed by atoms with Crippen LogP contribution in [0.15, 0.2) is 29.3 Å². The largest absolute Gasteiger partial charge is 0.489 e. The van der Waals surface area contributed by atoms with Crippen molar-refractivity contribution in [2.45, 2.75) is 32.8 Å². The molecule has 1 aliphatic rings. The van der Waals surface area contributed by atoms with Crippen LogP contribution in [0, 0.1) is 5.92 Å². The van der Waals surface area contributed by atoms with Crippen LogP contribution in [-0.2, 0) is 9.53 Å². The van der Waals surface area contributed by atoms with E-state index in [0.717, 1.165) is 37.6 Å². The van der Waals surface area contributed by atoms with Gasteiger partial charge in [-0.15, -0.1) is 0 Å². The van der Waals surface area contributed by atoms with Gasteiger partial charge in [0.15, 0.2) is 5.96 Å². The molecule has 1 N–H and O–H groups in total. The summed E-state index contributed by atoms with van der Waals surface area (Å²) in [6, 6.07) is 7.37. The lowest BCUT2D eigenvalue weighted by Gasteiger charge is -2.33. The number of benzene rings is 1. The zero-order valence-electron chi connectivity index (χ0n) is 15.7. The van der Waals surface area contributed by atoms with Crippen LogP contribution >= 0.6 is 11.6 Å². The highest BCUT2D eigenvalue weighted by molar-refractivity contribution is 6.30. The van der Waals surface area contributed by atoms with Gasteiger partial charge in [0.05, 0.1) is 19.1 Å². The van der Waals surface area contributed by atoms with Gasteiger partial charge in [0.25, 0.3) is 0 Å². The molecule has 1 heterocycles. The molecule has 1 fully saturated rings. The second-order valence-corrected chi connectivity index (χ2v) is 6.76. The zero-order valence-corrected chi connectivity index (χ0v) is 16.5. The van der Waals surface area contributed by atoms with Gasteiger partial charge < -0.3 is 19.7 Å². The zero-order chi connectivity index (χ0) is 18.9. The summed E-state index contributed by atoms with van der Waals surface area (Å²) >= 11 is 5.98. The highest BCUT2D eigenvalue weighted by Crippen LogP contribution is 2.19. The van der Waals surface area contributed by atoms with Crippen LogP contribution in [0.2, 0.25) is 5.02 Å². The number of rotatable bonds is 6. The van der Waals surface area contributed by atoms with E-state index in [1.54, 1.807) is 13.1 Å². The van der Waals surface area contributed by atoms with Gasteiger partial charge in [0.1, 0.15) is 11.9 Å². The number of nitrogens with zero attached hydrogens (tertiary/aromatic N) is 2. The number of nitrogens with one attached hydrogen (secondary N) is 1. The SMILES string of the molecule is CCOC(=O)C1CCN(C(=NC)NCC(C)Oc2cccc(Cl)c2)CC1. The Hall–Kier alpha value is -1.95. The van der Waals surface area contributed by atoms with Gasteiger partial charge in [0, 0.05) is 25.2 Å². The molecule has 1 atom stereocenters. The molecule has 1 unspecified atom stereocenters. The summed E-state index contributed by atoms with van der Waals surface area (Å²) in [5, 5.41) is 4.00. The Morgan fingerprint density at radius 1 is 1.42 bits per heavy atom. The van der Waals surface area contributed by atoms with Crippen molar-refractivity contribution < 1.29 is 14.3 Å². The van der Waals surface area contributed by atoms with Gasteiger partial charge in [-0.3, -0.25) is 9.79 Å². The minimum absolute atomic E-state index is 0.00519. The Labute approximate surface area is 160 Å². The van der Waals surface area contributed by atoms with Crippen LogP contribution in [0.25, 0.3) is 0 Å². The molecule has 1 aliphatic heterocycles. The monoisotopic (exact) mass is 381 g/mol. The Morgan fingerprint density at radius 2 is 2.15 bits per heavy atom. The van der Waals surface area contributed by atoms with Gasteiger partial charge in [-0.1, -0.05) is 17.7 Å². The topological polar surface area (TPSA) is 63.2 Å². The summed E-state index contributed by atoms with van der Waals surface area (Å²) < 4.78 is 11.0. The standard InChI is InChI=1S/C19H28ClN3O3/c1-4-25-18(24)15-8-10-23(11-9-15)19(21-3)22-13-14(2)26-17-7-5-6-16(20)12-17/h5-7,12,14-15H,4,8-11,13H2,1-3H3,(H,21,22). The van der Waals surface area contributed by atoms with E-state index in [4.69, 9.17) is 21.1 Å². The van der Waals surface area contributed by atoms with E-state index >= 15 is 0 Å². The molecule has 0 radical (unpaired) electrons. The molecule has 144 valence electrons. The van der Waals surface area contributed by atoms with E-state index in [9.17, 15) is 4.79 Å². The number of ether oxygens (including phenoxy) is 2. The fourth-order valence-electron chi connectivity index (χ4n) is 2.97. The van der Waals surface area contributed by atoms with E-state index in [-0.39, 0.29) is 18.0 Å². The number of hydrogen-bond donors (Lipinski definition) is 1. The Balaban J connectivity index is 1.78. The number of halogens is 1. The van der Waals surface area contributed by atoms with Crippen molar-refractivity contribution >= 4 is 23.5 Å². The third-order valence-electron chi connectivity index (χ3n) is 4.31. The van der Waals surface area contributed by atoms with Crippen molar-refractivity contribution in [2.75, 3.05) is 33.3 Å². The van der Waals surface area contributed by atoms with E-state index in [1.807, 2.05) is 32.0 Å². The number of guanidine groups is 1. The second-order valence-electron chi connectivity index (χ2n) is 6.33. The van der Waals surface area contributed by atoms with Crippen LogP contribution in [0.4, 0.5) is 0 Å². The summed E-state index contributed by atoms with van der Waals surface area (Å²) in [5.74, 6) is 1.49. The van der Waals surface area contributed by atoms with E-state index in [0.29, 0.717) is 18.2 Å². The molecule has 0 saturated carbocycles. The number of esters is 1. The molecule has 0 spiro atoms. The first-order valence-electron chi connectivity index (χ1n) is 9.08. The Morgan fingerprint density at radius 3 is 2.77 bits per heavy atom. The maximum Gasteiger partial charge on any atom is 0.309 e. The summed E-state index contributed by atoms with van der Waals surface area (Å²) in [6.07, 6.45) is 1.53. The fraction of sp³-hybridized carbons (Fsp3) is 0.579. The molecule has 0 aliphatic carbocycles. The van der Waals surface area contributed by atoms with E-state index < -0.39 is 0 Å². The molecular formula is C19H28ClN3O3. The predicted molar refractivity (Wildman–Crippen MR) is 104 cm³/mol. The van der Waals surface area contributed by atoms with Crippen LogP contribution in [-0.4, -0.2) is 56.2 Å². The predicted octanol–water partition coefficient (Wildman–Crippen LogP) is 2.96. The van der Waals surface area contributed by atoms with Crippen LogP contribution in [0.5, 0.6) is 5.75 Å². The molecule has 1 aromatic rings. The first kappa shape index (κ1) is 20.4. The van der Waals surface area contributed by atoms with Crippen molar-refractivity contribution in [1.29, 1.82) is 0 Å². The minimum atomic E-state index is -0.0846. The highest BCUT2D eigenvalue weighted by Gasteiger charge is 2.27. The van der Waals surface area contributed by atoms with Crippen molar-refractivity contribution in [2.24, 2.45) is 10.9 Å². The molecule has 1 aromatic carbocycles. The molecule has 0 amide bonds. The number of carbonyl (C=O) groups is 1. The van der Waals surface area contributed by atoms with Crippen molar-refractivity contribution in [3.8, 4) is 5.75 Å². The van der Waals surface area contributed by atoms with Crippen molar-refractivity contribution in [3.63, 3.8) is 0 Å². The third-order valence-corrected chi connectivity index (χ3v) is 4.54. The molecule has 0 aromatic heterocycles. The molecule has 26 heavy (non-hydrogen) atoms. The van der Waals surface area contributed by atoms with E-state index in [1.165, 1.54) is 0 Å².